The van der Waals surface area contributed by atoms with E-state index >= 15 is 0 Å². The van der Waals surface area contributed by atoms with Crippen molar-refractivity contribution in [2.75, 3.05) is 58.4 Å². The predicted molar refractivity (Wildman–Crippen MR) is 118 cm³/mol. The first kappa shape index (κ1) is 20.8. The van der Waals surface area contributed by atoms with E-state index in [2.05, 4.69) is 35.2 Å². The fraction of sp³-hybridized carbons (Fsp3) is 0.500. The number of phenolic OH excluding ortho intramolecular Hbond substituents is 1. The third-order valence-corrected chi connectivity index (χ3v) is 6.79. The lowest BCUT2D eigenvalue weighted by Gasteiger charge is -2.39. The molecule has 6 nitrogen and oxygen atoms in total. The van der Waals surface area contributed by atoms with E-state index in [4.69, 9.17) is 9.47 Å². The molecule has 2 fully saturated rings. The van der Waals surface area contributed by atoms with Crippen molar-refractivity contribution in [2.45, 2.75) is 25.4 Å². The zero-order chi connectivity index (χ0) is 20.9. The fourth-order valence-corrected chi connectivity index (χ4v) is 5.05. The average molecular weight is 414 g/mol. The summed E-state index contributed by atoms with van der Waals surface area (Å²) in [7, 11) is 3.16. The number of anilines is 1. The van der Waals surface area contributed by atoms with Gasteiger partial charge in [-0.3, -0.25) is 0 Å². The summed E-state index contributed by atoms with van der Waals surface area (Å²) >= 11 is 0. The molecule has 2 heterocycles. The van der Waals surface area contributed by atoms with Gasteiger partial charge in [0.15, 0.2) is 11.5 Å². The molecule has 2 aliphatic rings. The molecule has 0 aromatic heterocycles. The predicted octanol–water partition coefficient (Wildman–Crippen LogP) is 0.362. The Balaban J connectivity index is 1.28. The summed E-state index contributed by atoms with van der Waals surface area (Å²) in [5.41, 5.74) is 2.51. The second-order valence-electron chi connectivity index (χ2n) is 8.53. The number of quaternary nitrogens is 2. The van der Waals surface area contributed by atoms with Crippen LogP contribution in [0.1, 0.15) is 18.4 Å². The summed E-state index contributed by atoms with van der Waals surface area (Å²) in [6.45, 7) is 8.11. The molecule has 3 N–H and O–H groups in total. The molecule has 0 atom stereocenters. The highest BCUT2D eigenvalue weighted by Gasteiger charge is 2.32. The molecule has 162 valence electrons. The molecule has 6 heteroatoms. The molecule has 4 rings (SSSR count). The summed E-state index contributed by atoms with van der Waals surface area (Å²) in [6, 6.07) is 15.5. The standard InChI is InChI=1S/C24H33N3O3/c1-29-22-16-19(17-23(30-2)24(22)28)18-25-10-8-21(9-11-25)27-14-12-26(13-15-27)20-6-4-3-5-7-20/h3-7,16-17,21,28H,8-15,18H2,1-2H3/p+2. The summed E-state index contributed by atoms with van der Waals surface area (Å²) in [6.07, 6.45) is 2.56. The number of hydrogen-bond acceptors (Lipinski definition) is 4. The van der Waals surface area contributed by atoms with Crippen LogP contribution in [0, 0.1) is 0 Å². The van der Waals surface area contributed by atoms with Crippen molar-refractivity contribution in [2.24, 2.45) is 0 Å². The maximum Gasteiger partial charge on any atom is 0.200 e. The third-order valence-electron chi connectivity index (χ3n) is 6.79. The minimum absolute atomic E-state index is 0.0794. The first-order valence-electron chi connectivity index (χ1n) is 11.1. The fourth-order valence-electron chi connectivity index (χ4n) is 5.05. The number of rotatable bonds is 6. The maximum atomic E-state index is 10.1. The number of nitrogens with zero attached hydrogens (tertiary/aromatic N) is 1. The van der Waals surface area contributed by atoms with Crippen LogP contribution in [-0.2, 0) is 6.54 Å². The number of aromatic hydroxyl groups is 1. The van der Waals surface area contributed by atoms with Crippen LogP contribution < -0.4 is 24.2 Å². The molecule has 30 heavy (non-hydrogen) atoms. The van der Waals surface area contributed by atoms with Crippen LogP contribution in [0.2, 0.25) is 0 Å². The monoisotopic (exact) mass is 413 g/mol. The number of benzene rings is 2. The largest absolute Gasteiger partial charge is 0.502 e. The number of nitrogens with one attached hydrogen (secondary N) is 2. The van der Waals surface area contributed by atoms with Crippen LogP contribution in [0.15, 0.2) is 42.5 Å². The molecule has 2 aliphatic heterocycles. The van der Waals surface area contributed by atoms with Gasteiger partial charge in [0, 0.05) is 24.1 Å². The lowest BCUT2D eigenvalue weighted by molar-refractivity contribution is -0.963. The van der Waals surface area contributed by atoms with Crippen LogP contribution >= 0.6 is 0 Å². The van der Waals surface area contributed by atoms with Gasteiger partial charge < -0.3 is 29.3 Å². The average Bonchev–Trinajstić information content (AvgIpc) is 2.81. The number of phenols is 1. The molecule has 2 aromatic rings. The van der Waals surface area contributed by atoms with Gasteiger partial charge >= 0.3 is 0 Å². The van der Waals surface area contributed by atoms with Crippen molar-refractivity contribution in [3.05, 3.63) is 48.0 Å². The van der Waals surface area contributed by atoms with E-state index in [0.29, 0.717) is 11.5 Å². The molecule has 0 bridgehead atoms. The summed E-state index contributed by atoms with van der Waals surface area (Å²) in [5, 5.41) is 10.1. The quantitative estimate of drug-likeness (QED) is 0.640. The van der Waals surface area contributed by atoms with Crippen LogP contribution in [-0.4, -0.2) is 64.6 Å². The molecule has 0 aliphatic carbocycles. The highest BCUT2D eigenvalue weighted by atomic mass is 16.5. The minimum Gasteiger partial charge on any atom is -0.502 e. The molecule has 2 saturated heterocycles. The van der Waals surface area contributed by atoms with Crippen LogP contribution in [0.3, 0.4) is 0 Å². The lowest BCUT2D eigenvalue weighted by atomic mass is 10.0. The van der Waals surface area contributed by atoms with Gasteiger partial charge in [0.2, 0.25) is 5.75 Å². The van der Waals surface area contributed by atoms with Crippen LogP contribution in [0.25, 0.3) is 0 Å². The van der Waals surface area contributed by atoms with Crippen molar-refractivity contribution >= 4 is 5.69 Å². The van der Waals surface area contributed by atoms with E-state index in [1.165, 1.54) is 44.7 Å². The summed E-state index contributed by atoms with van der Waals surface area (Å²) in [4.78, 5) is 5.91. The first-order chi connectivity index (χ1) is 14.7. The van der Waals surface area contributed by atoms with Crippen LogP contribution in [0.4, 0.5) is 5.69 Å². The van der Waals surface area contributed by atoms with Gasteiger partial charge in [-0.25, -0.2) is 0 Å². The van der Waals surface area contributed by atoms with Gasteiger partial charge in [-0.05, 0) is 24.3 Å². The molecule has 0 amide bonds. The van der Waals surface area contributed by atoms with Crippen molar-refractivity contribution in [1.82, 2.24) is 0 Å². The molecular weight excluding hydrogens is 378 g/mol. The number of piperazine rings is 1. The molecular formula is C24H35N3O3+2. The number of hydrogen-bond donors (Lipinski definition) is 3. The van der Waals surface area contributed by atoms with E-state index < -0.39 is 0 Å². The van der Waals surface area contributed by atoms with Gasteiger partial charge in [-0.15, -0.1) is 0 Å². The Hall–Kier alpha value is -2.44. The second kappa shape index (κ2) is 9.58. The van der Waals surface area contributed by atoms with E-state index in [0.717, 1.165) is 31.2 Å². The van der Waals surface area contributed by atoms with Gasteiger partial charge in [0.25, 0.3) is 0 Å². The van der Waals surface area contributed by atoms with Crippen molar-refractivity contribution < 1.29 is 24.4 Å². The molecule has 0 spiro atoms. The number of likely N-dealkylation sites (tertiary alicyclic amines) is 1. The number of ether oxygens (including phenoxy) is 2. The normalized spacial score (nSPS) is 22.7. The second-order valence-corrected chi connectivity index (χ2v) is 8.53. The minimum atomic E-state index is 0.0794. The van der Waals surface area contributed by atoms with E-state index in [9.17, 15) is 5.11 Å². The Kier molecular flexibility index (Phi) is 6.65. The Morgan fingerprint density at radius 2 is 1.53 bits per heavy atom. The molecule has 0 radical (unpaired) electrons. The van der Waals surface area contributed by atoms with Gasteiger partial charge in [-0.2, -0.15) is 0 Å². The van der Waals surface area contributed by atoms with E-state index in [1.807, 2.05) is 12.1 Å². The van der Waals surface area contributed by atoms with Gasteiger partial charge in [0.05, 0.1) is 59.5 Å². The molecule has 0 saturated carbocycles. The van der Waals surface area contributed by atoms with Crippen molar-refractivity contribution in [3.8, 4) is 17.2 Å². The third kappa shape index (κ3) is 4.65. The zero-order valence-corrected chi connectivity index (χ0v) is 18.2. The van der Waals surface area contributed by atoms with E-state index in [1.54, 1.807) is 24.0 Å². The summed E-state index contributed by atoms with van der Waals surface area (Å²) < 4.78 is 10.6. The van der Waals surface area contributed by atoms with Gasteiger partial charge in [0.1, 0.15) is 6.54 Å². The van der Waals surface area contributed by atoms with Gasteiger partial charge in [-0.1, -0.05) is 18.2 Å². The first-order valence-corrected chi connectivity index (χ1v) is 11.1. The Labute approximate surface area is 179 Å². The maximum absolute atomic E-state index is 10.1. The zero-order valence-electron chi connectivity index (χ0n) is 18.2. The lowest BCUT2D eigenvalue weighted by Crippen LogP contribution is -3.21. The topological polar surface area (TPSA) is 50.8 Å². The number of piperidine rings is 1. The SMILES string of the molecule is COc1cc(C[NH+]2CCC([NH+]3CCN(c4ccccc4)CC3)CC2)cc(OC)c1O. The number of para-hydroxylation sites is 1. The Morgan fingerprint density at radius 3 is 2.10 bits per heavy atom. The Bertz CT molecular complexity index is 789. The summed E-state index contributed by atoms with van der Waals surface area (Å²) in [5.74, 6) is 1.05. The molecule has 2 aromatic carbocycles. The van der Waals surface area contributed by atoms with Crippen molar-refractivity contribution in [3.63, 3.8) is 0 Å². The van der Waals surface area contributed by atoms with E-state index in [-0.39, 0.29) is 5.75 Å². The van der Waals surface area contributed by atoms with Crippen molar-refractivity contribution in [1.29, 1.82) is 0 Å². The molecule has 0 unspecified atom stereocenters. The highest BCUT2D eigenvalue weighted by molar-refractivity contribution is 5.52. The highest BCUT2D eigenvalue weighted by Crippen LogP contribution is 2.36. The van der Waals surface area contributed by atoms with Crippen LogP contribution in [0.5, 0.6) is 17.2 Å². The Morgan fingerprint density at radius 1 is 0.933 bits per heavy atom. The number of methoxy groups -OCH3 is 2. The smallest absolute Gasteiger partial charge is 0.200 e.